The van der Waals surface area contributed by atoms with Crippen LogP contribution in [0.5, 0.6) is 0 Å². The highest BCUT2D eigenvalue weighted by molar-refractivity contribution is 5.76. The maximum absolute atomic E-state index is 12.5. The Labute approximate surface area is 483 Å². The largest absolute Gasteiger partial charge is 0.466 e. The van der Waals surface area contributed by atoms with Gasteiger partial charge in [-0.2, -0.15) is 0 Å². The summed E-state index contributed by atoms with van der Waals surface area (Å²) in [4.78, 5) is 24.6. The highest BCUT2D eigenvalue weighted by Crippen LogP contribution is 2.20. The van der Waals surface area contributed by atoms with Crippen LogP contribution >= 0.6 is 0 Å². The number of hydrogen-bond donors (Lipinski definition) is 3. The number of unbranched alkanes of at least 4 members (excludes halogenated alkanes) is 57. The number of carbonyl (C=O) groups is 2. The van der Waals surface area contributed by atoms with Gasteiger partial charge in [0.2, 0.25) is 5.91 Å². The van der Waals surface area contributed by atoms with Crippen LogP contribution in [0.2, 0.25) is 0 Å². The Morgan fingerprint density at radius 1 is 0.312 bits per heavy atom. The van der Waals surface area contributed by atoms with Crippen molar-refractivity contribution in [1.29, 1.82) is 0 Å². The summed E-state index contributed by atoms with van der Waals surface area (Å²) in [6.07, 6.45) is 81.5. The first-order valence-electron chi connectivity index (χ1n) is 35.8. The van der Waals surface area contributed by atoms with E-state index in [-0.39, 0.29) is 18.5 Å². The summed E-state index contributed by atoms with van der Waals surface area (Å²) in [5.74, 6) is -0.00639. The summed E-state index contributed by atoms with van der Waals surface area (Å²) < 4.78 is 5.51. The summed E-state index contributed by atoms with van der Waals surface area (Å²) in [6.45, 7) is 5.01. The Hall–Kier alpha value is -1.14. The van der Waals surface area contributed by atoms with Crippen LogP contribution in [0.3, 0.4) is 0 Å². The predicted molar refractivity (Wildman–Crippen MR) is 338 cm³/mol. The number of carbonyl (C=O) groups excluding carboxylic acids is 2. The summed E-state index contributed by atoms with van der Waals surface area (Å²) in [5, 5.41) is 23.4. The van der Waals surface area contributed by atoms with E-state index in [1.807, 2.05) is 0 Å². The zero-order valence-corrected chi connectivity index (χ0v) is 52.7. The van der Waals surface area contributed by atoms with Crippen molar-refractivity contribution in [3.05, 3.63) is 0 Å². The number of aliphatic hydroxyl groups excluding tert-OH is 2. The van der Waals surface area contributed by atoms with Gasteiger partial charge in [-0.25, -0.2) is 0 Å². The van der Waals surface area contributed by atoms with Gasteiger partial charge in [0.15, 0.2) is 0 Å². The Morgan fingerprint density at radius 3 is 0.792 bits per heavy atom. The van der Waals surface area contributed by atoms with Crippen LogP contribution in [0.1, 0.15) is 418 Å². The number of nitrogens with one attached hydrogen (secondary N) is 1. The molecule has 1 amide bonds. The lowest BCUT2D eigenvalue weighted by molar-refractivity contribution is -0.143. The quantitative estimate of drug-likeness (QED) is 0.0417. The molecule has 0 saturated heterocycles. The van der Waals surface area contributed by atoms with E-state index in [0.29, 0.717) is 25.9 Å². The van der Waals surface area contributed by atoms with Crippen LogP contribution in [0, 0.1) is 0 Å². The van der Waals surface area contributed by atoms with E-state index < -0.39 is 12.1 Å². The number of ether oxygens (including phenoxy) is 1. The Balaban J connectivity index is 3.33. The molecule has 0 spiro atoms. The third kappa shape index (κ3) is 63.9. The fourth-order valence-electron chi connectivity index (χ4n) is 11.7. The normalized spacial score (nSPS) is 12.4. The minimum atomic E-state index is -0.662. The second-order valence-electron chi connectivity index (χ2n) is 24.9. The smallest absolute Gasteiger partial charge is 0.305 e. The molecule has 0 heterocycles. The van der Waals surface area contributed by atoms with Crippen LogP contribution in [0.25, 0.3) is 0 Å². The van der Waals surface area contributed by atoms with Gasteiger partial charge in [0.1, 0.15) is 0 Å². The molecule has 0 aliphatic rings. The van der Waals surface area contributed by atoms with Crippen LogP contribution < -0.4 is 5.32 Å². The van der Waals surface area contributed by atoms with Crippen LogP contribution in [-0.4, -0.2) is 47.4 Å². The average Bonchev–Trinajstić information content (AvgIpc) is 3.43. The van der Waals surface area contributed by atoms with Crippen LogP contribution in [0.4, 0.5) is 0 Å². The maximum Gasteiger partial charge on any atom is 0.305 e. The second kappa shape index (κ2) is 67.4. The first-order valence-corrected chi connectivity index (χ1v) is 35.8. The third-order valence-corrected chi connectivity index (χ3v) is 17.2. The fraction of sp³-hybridized carbons (Fsp3) is 0.972. The van der Waals surface area contributed by atoms with Gasteiger partial charge in [0.05, 0.1) is 25.4 Å². The molecule has 6 nitrogen and oxygen atoms in total. The van der Waals surface area contributed by atoms with Crippen molar-refractivity contribution in [3.8, 4) is 0 Å². The standard InChI is InChI=1S/C71H141NO5/c1-3-5-7-9-11-13-15-17-19-21-33-37-41-45-49-53-57-61-65-71(76)77-66-62-58-54-50-46-42-38-34-30-28-26-24-22-23-25-27-29-32-36-40-44-48-52-56-60-64-70(75)72-68(67-73)69(74)63-59-55-51-47-43-39-35-31-20-18-16-14-12-10-8-6-4-2/h68-69,73-74H,3-67H2,1-2H3,(H,72,75). The zero-order valence-electron chi connectivity index (χ0n) is 52.7. The molecule has 0 saturated carbocycles. The van der Waals surface area contributed by atoms with Gasteiger partial charge in [0, 0.05) is 12.8 Å². The number of esters is 1. The molecule has 77 heavy (non-hydrogen) atoms. The summed E-state index contributed by atoms with van der Waals surface area (Å²) >= 11 is 0. The van der Waals surface area contributed by atoms with Gasteiger partial charge in [-0.05, 0) is 25.7 Å². The highest BCUT2D eigenvalue weighted by Gasteiger charge is 2.20. The van der Waals surface area contributed by atoms with Crippen molar-refractivity contribution in [1.82, 2.24) is 5.32 Å². The molecule has 2 unspecified atom stereocenters. The average molecular weight is 1090 g/mol. The Morgan fingerprint density at radius 2 is 0.532 bits per heavy atom. The monoisotopic (exact) mass is 1090 g/mol. The molecule has 2 atom stereocenters. The zero-order chi connectivity index (χ0) is 55.7. The van der Waals surface area contributed by atoms with Gasteiger partial charge in [-0.1, -0.05) is 380 Å². The molecule has 0 bridgehead atoms. The van der Waals surface area contributed by atoms with E-state index >= 15 is 0 Å². The first-order chi connectivity index (χ1) is 38.0. The number of hydrogen-bond acceptors (Lipinski definition) is 5. The number of rotatable bonds is 68. The van der Waals surface area contributed by atoms with Gasteiger partial charge in [0.25, 0.3) is 0 Å². The minimum absolute atomic E-state index is 0.0223. The maximum atomic E-state index is 12.5. The minimum Gasteiger partial charge on any atom is -0.466 e. The Bertz CT molecular complexity index is 1120. The van der Waals surface area contributed by atoms with E-state index in [9.17, 15) is 19.8 Å². The summed E-state index contributed by atoms with van der Waals surface area (Å²) in [6, 6.07) is -0.539. The van der Waals surface area contributed by atoms with E-state index in [0.717, 1.165) is 38.5 Å². The van der Waals surface area contributed by atoms with Crippen molar-refractivity contribution in [2.24, 2.45) is 0 Å². The molecular formula is C71H141NO5. The van der Waals surface area contributed by atoms with E-state index in [1.165, 1.54) is 347 Å². The number of amides is 1. The topological polar surface area (TPSA) is 95.9 Å². The molecule has 0 aromatic heterocycles. The molecule has 0 fully saturated rings. The molecule has 0 aliphatic carbocycles. The Kier molecular flexibility index (Phi) is 66.4. The SMILES string of the molecule is CCCCCCCCCCCCCCCCCCCCC(=O)OCCCCCCCCCCCCCCCCCCCCCCCCCCCC(=O)NC(CO)C(O)CCCCCCCCCCCCCCCCCCC. The van der Waals surface area contributed by atoms with E-state index in [2.05, 4.69) is 19.2 Å². The van der Waals surface area contributed by atoms with E-state index in [4.69, 9.17) is 4.74 Å². The number of aliphatic hydroxyl groups is 2. The molecule has 0 aromatic carbocycles. The lowest BCUT2D eigenvalue weighted by Gasteiger charge is -2.22. The molecule has 0 rings (SSSR count). The second-order valence-corrected chi connectivity index (χ2v) is 24.9. The van der Waals surface area contributed by atoms with Gasteiger partial charge < -0.3 is 20.3 Å². The van der Waals surface area contributed by atoms with Crippen molar-refractivity contribution in [2.75, 3.05) is 13.2 Å². The molecule has 0 aromatic rings. The van der Waals surface area contributed by atoms with Crippen molar-refractivity contribution >= 4 is 11.9 Å². The van der Waals surface area contributed by atoms with E-state index in [1.54, 1.807) is 0 Å². The summed E-state index contributed by atoms with van der Waals surface area (Å²) in [5.41, 5.74) is 0. The third-order valence-electron chi connectivity index (χ3n) is 17.2. The van der Waals surface area contributed by atoms with Crippen LogP contribution in [0.15, 0.2) is 0 Å². The lowest BCUT2D eigenvalue weighted by atomic mass is 10.0. The van der Waals surface area contributed by atoms with Crippen molar-refractivity contribution in [2.45, 2.75) is 431 Å². The fourth-order valence-corrected chi connectivity index (χ4v) is 11.7. The molecule has 6 heteroatoms. The van der Waals surface area contributed by atoms with Gasteiger partial charge >= 0.3 is 5.97 Å². The molecule has 3 N–H and O–H groups in total. The molecule has 460 valence electrons. The first kappa shape index (κ1) is 75.9. The van der Waals surface area contributed by atoms with Gasteiger partial charge in [-0.15, -0.1) is 0 Å². The highest BCUT2D eigenvalue weighted by atomic mass is 16.5. The lowest BCUT2D eigenvalue weighted by Crippen LogP contribution is -2.45. The predicted octanol–water partition coefficient (Wildman–Crippen LogP) is 23.0. The van der Waals surface area contributed by atoms with Crippen molar-refractivity contribution < 1.29 is 24.5 Å². The molecule has 0 aliphatic heterocycles. The van der Waals surface area contributed by atoms with Crippen molar-refractivity contribution in [3.63, 3.8) is 0 Å². The van der Waals surface area contributed by atoms with Gasteiger partial charge in [-0.3, -0.25) is 9.59 Å². The molecule has 0 radical (unpaired) electrons. The van der Waals surface area contributed by atoms with Crippen LogP contribution in [-0.2, 0) is 14.3 Å². The summed E-state index contributed by atoms with van der Waals surface area (Å²) in [7, 11) is 0. The molecular weight excluding hydrogens is 947 g/mol.